The Morgan fingerprint density at radius 2 is 2.23 bits per heavy atom. The van der Waals surface area contributed by atoms with Gasteiger partial charge >= 0.3 is 0 Å². The molecule has 1 fully saturated rings. The van der Waals surface area contributed by atoms with Crippen molar-refractivity contribution < 1.29 is 4.74 Å². The number of benzene rings is 1. The molecule has 2 heterocycles. The summed E-state index contributed by atoms with van der Waals surface area (Å²) in [4.78, 5) is 0. The molecule has 0 aliphatic carbocycles. The first-order chi connectivity index (χ1) is 10.8. The van der Waals surface area contributed by atoms with E-state index < -0.39 is 0 Å². The zero-order valence-electron chi connectivity index (χ0n) is 12.9. The van der Waals surface area contributed by atoms with Gasteiger partial charge in [0.15, 0.2) is 11.0 Å². The first kappa shape index (κ1) is 15.5. The second-order valence-corrected chi connectivity index (χ2v) is 6.65. The van der Waals surface area contributed by atoms with Gasteiger partial charge in [0.25, 0.3) is 0 Å². The second kappa shape index (κ2) is 7.26. The maximum atomic E-state index is 5.83. The third kappa shape index (κ3) is 3.34. The number of para-hydroxylation sites is 1. The third-order valence-electron chi connectivity index (χ3n) is 4.02. The van der Waals surface area contributed by atoms with E-state index in [4.69, 9.17) is 10.5 Å². The maximum Gasteiger partial charge on any atom is 0.195 e. The van der Waals surface area contributed by atoms with E-state index in [0.717, 1.165) is 42.1 Å². The van der Waals surface area contributed by atoms with Crippen LogP contribution in [0.3, 0.4) is 0 Å². The van der Waals surface area contributed by atoms with E-state index in [0.29, 0.717) is 12.5 Å². The van der Waals surface area contributed by atoms with Crippen LogP contribution >= 0.6 is 11.8 Å². The Labute approximate surface area is 135 Å². The lowest BCUT2D eigenvalue weighted by molar-refractivity contribution is 0.185. The SMILES string of the molecule is Cc1ccccc1-n1c(CN)nnc1SCC[C@@H]1CCOC1. The second-order valence-electron chi connectivity index (χ2n) is 5.59. The van der Waals surface area contributed by atoms with E-state index in [1.807, 2.05) is 12.1 Å². The minimum Gasteiger partial charge on any atom is -0.381 e. The summed E-state index contributed by atoms with van der Waals surface area (Å²) in [6, 6.07) is 8.26. The van der Waals surface area contributed by atoms with Crippen molar-refractivity contribution in [2.75, 3.05) is 19.0 Å². The number of ether oxygens (including phenoxy) is 1. The zero-order valence-corrected chi connectivity index (χ0v) is 13.7. The predicted molar refractivity (Wildman–Crippen MR) is 88.3 cm³/mol. The first-order valence-electron chi connectivity index (χ1n) is 7.70. The van der Waals surface area contributed by atoms with Crippen LogP contribution in [0.4, 0.5) is 0 Å². The molecule has 118 valence electrons. The van der Waals surface area contributed by atoms with Crippen molar-refractivity contribution in [2.24, 2.45) is 11.7 Å². The summed E-state index contributed by atoms with van der Waals surface area (Å²) in [5.41, 5.74) is 8.14. The normalized spacial score (nSPS) is 18.0. The van der Waals surface area contributed by atoms with Gasteiger partial charge in [0.1, 0.15) is 0 Å². The zero-order chi connectivity index (χ0) is 15.4. The van der Waals surface area contributed by atoms with E-state index in [-0.39, 0.29) is 0 Å². The van der Waals surface area contributed by atoms with Crippen molar-refractivity contribution >= 4 is 11.8 Å². The summed E-state index contributed by atoms with van der Waals surface area (Å²) in [5, 5.41) is 9.50. The topological polar surface area (TPSA) is 66.0 Å². The lowest BCUT2D eigenvalue weighted by atomic mass is 10.1. The molecule has 0 bridgehead atoms. The van der Waals surface area contributed by atoms with Crippen LogP contribution in [0, 0.1) is 12.8 Å². The summed E-state index contributed by atoms with van der Waals surface area (Å²) in [5.74, 6) is 2.53. The summed E-state index contributed by atoms with van der Waals surface area (Å²) < 4.78 is 7.52. The number of hydrogen-bond donors (Lipinski definition) is 1. The molecule has 2 N–H and O–H groups in total. The maximum absolute atomic E-state index is 5.83. The van der Waals surface area contributed by atoms with Crippen LogP contribution in [-0.4, -0.2) is 33.7 Å². The Balaban J connectivity index is 1.76. The molecule has 22 heavy (non-hydrogen) atoms. The highest BCUT2D eigenvalue weighted by atomic mass is 32.2. The molecule has 0 radical (unpaired) electrons. The molecule has 5 nitrogen and oxygen atoms in total. The average molecular weight is 318 g/mol. The molecule has 6 heteroatoms. The third-order valence-corrected chi connectivity index (χ3v) is 4.98. The molecule has 1 aromatic heterocycles. The fourth-order valence-electron chi connectivity index (χ4n) is 2.71. The largest absolute Gasteiger partial charge is 0.381 e. The van der Waals surface area contributed by atoms with Gasteiger partial charge in [0.05, 0.1) is 12.2 Å². The fraction of sp³-hybridized carbons (Fsp3) is 0.500. The molecule has 0 spiro atoms. The van der Waals surface area contributed by atoms with E-state index in [2.05, 4.69) is 33.8 Å². The number of nitrogens with zero attached hydrogens (tertiary/aromatic N) is 3. The quantitative estimate of drug-likeness (QED) is 0.829. The lowest BCUT2D eigenvalue weighted by Gasteiger charge is -2.12. The van der Waals surface area contributed by atoms with Gasteiger partial charge in [-0.25, -0.2) is 0 Å². The molecular formula is C16H22N4OS. The Kier molecular flexibility index (Phi) is 5.12. The fourth-order valence-corrected chi connectivity index (χ4v) is 3.78. The Morgan fingerprint density at radius 3 is 2.95 bits per heavy atom. The van der Waals surface area contributed by atoms with Gasteiger partial charge in [-0.3, -0.25) is 4.57 Å². The number of nitrogens with two attached hydrogens (primary N) is 1. The van der Waals surface area contributed by atoms with Crippen LogP contribution in [0.1, 0.15) is 24.2 Å². The van der Waals surface area contributed by atoms with Gasteiger partial charge in [-0.2, -0.15) is 0 Å². The summed E-state index contributed by atoms with van der Waals surface area (Å²) in [7, 11) is 0. The molecule has 2 aromatic rings. The number of aromatic nitrogens is 3. The summed E-state index contributed by atoms with van der Waals surface area (Å²) in [6.07, 6.45) is 2.34. The van der Waals surface area contributed by atoms with Gasteiger partial charge < -0.3 is 10.5 Å². The number of hydrogen-bond acceptors (Lipinski definition) is 5. The van der Waals surface area contributed by atoms with Gasteiger partial charge in [-0.1, -0.05) is 30.0 Å². The highest BCUT2D eigenvalue weighted by Crippen LogP contribution is 2.26. The van der Waals surface area contributed by atoms with Crippen LogP contribution in [0.25, 0.3) is 5.69 Å². The van der Waals surface area contributed by atoms with E-state index >= 15 is 0 Å². The lowest BCUT2D eigenvalue weighted by Crippen LogP contribution is -2.09. The van der Waals surface area contributed by atoms with Crippen LogP contribution in [-0.2, 0) is 11.3 Å². The van der Waals surface area contributed by atoms with Crippen LogP contribution < -0.4 is 5.73 Å². The van der Waals surface area contributed by atoms with Crippen molar-refractivity contribution in [3.8, 4) is 5.69 Å². The molecule has 3 rings (SSSR count). The number of thioether (sulfide) groups is 1. The average Bonchev–Trinajstić information content (AvgIpc) is 3.17. The summed E-state index contributed by atoms with van der Waals surface area (Å²) in [6.45, 7) is 4.30. The minimum atomic E-state index is 0.387. The number of rotatable bonds is 6. The van der Waals surface area contributed by atoms with Gasteiger partial charge in [0.2, 0.25) is 0 Å². The summed E-state index contributed by atoms with van der Waals surface area (Å²) >= 11 is 1.75. The number of aryl methyl sites for hydroxylation is 1. The monoisotopic (exact) mass is 318 g/mol. The predicted octanol–water partition coefficient (Wildman–Crippen LogP) is 2.55. The van der Waals surface area contributed by atoms with Crippen molar-refractivity contribution in [3.05, 3.63) is 35.7 Å². The Morgan fingerprint density at radius 1 is 1.36 bits per heavy atom. The van der Waals surface area contributed by atoms with Crippen LogP contribution in [0.5, 0.6) is 0 Å². The van der Waals surface area contributed by atoms with Crippen molar-refractivity contribution in [1.29, 1.82) is 0 Å². The van der Waals surface area contributed by atoms with Crippen molar-refractivity contribution in [3.63, 3.8) is 0 Å². The molecule has 1 aromatic carbocycles. The van der Waals surface area contributed by atoms with Crippen LogP contribution in [0.2, 0.25) is 0 Å². The van der Waals surface area contributed by atoms with Gasteiger partial charge in [0, 0.05) is 19.0 Å². The molecule has 1 aliphatic rings. The highest BCUT2D eigenvalue weighted by Gasteiger charge is 2.18. The van der Waals surface area contributed by atoms with Crippen molar-refractivity contribution in [2.45, 2.75) is 31.5 Å². The van der Waals surface area contributed by atoms with Crippen molar-refractivity contribution in [1.82, 2.24) is 14.8 Å². The molecule has 1 atom stereocenters. The molecule has 1 aliphatic heterocycles. The van der Waals surface area contributed by atoms with Crippen LogP contribution in [0.15, 0.2) is 29.4 Å². The Hall–Kier alpha value is -1.37. The molecule has 0 amide bonds. The van der Waals surface area contributed by atoms with Gasteiger partial charge in [-0.05, 0) is 37.3 Å². The Bertz CT molecular complexity index is 622. The van der Waals surface area contributed by atoms with E-state index in [1.165, 1.54) is 12.0 Å². The standard InChI is InChI=1S/C16H22N4OS/c1-12-4-2-3-5-14(12)20-15(10-17)18-19-16(20)22-9-7-13-6-8-21-11-13/h2-5,13H,6-11,17H2,1H3/t13-/m0/s1. The smallest absolute Gasteiger partial charge is 0.195 e. The molecule has 0 unspecified atom stereocenters. The molecule has 1 saturated heterocycles. The van der Waals surface area contributed by atoms with Gasteiger partial charge in [-0.15, -0.1) is 10.2 Å². The van der Waals surface area contributed by atoms with E-state index in [9.17, 15) is 0 Å². The molecular weight excluding hydrogens is 296 g/mol. The minimum absolute atomic E-state index is 0.387. The highest BCUT2D eigenvalue weighted by molar-refractivity contribution is 7.99. The van der Waals surface area contributed by atoms with E-state index in [1.54, 1.807) is 11.8 Å². The first-order valence-corrected chi connectivity index (χ1v) is 8.69. The molecule has 0 saturated carbocycles.